The summed E-state index contributed by atoms with van der Waals surface area (Å²) in [5.41, 5.74) is 0.816. The van der Waals surface area contributed by atoms with Crippen molar-refractivity contribution in [2.75, 3.05) is 0 Å². The van der Waals surface area contributed by atoms with E-state index < -0.39 is 4.92 Å². The number of H-pyrrole nitrogens is 1. The molecule has 0 saturated carbocycles. The summed E-state index contributed by atoms with van der Waals surface area (Å²) in [5.74, 6) is 0.842. The first kappa shape index (κ1) is 16.5. The smallest absolute Gasteiger partial charge is 0.307 e. The monoisotopic (exact) mass is 363 g/mol. The molecule has 0 spiro atoms. The Balaban J connectivity index is 1.67. The molecule has 0 saturated heterocycles. The third-order valence-corrected chi connectivity index (χ3v) is 3.94. The van der Waals surface area contributed by atoms with Crippen LogP contribution in [0.15, 0.2) is 65.7 Å². The van der Waals surface area contributed by atoms with Crippen molar-refractivity contribution in [1.82, 2.24) is 19.7 Å². The molecule has 0 amide bonds. The van der Waals surface area contributed by atoms with Crippen LogP contribution in [0, 0.1) is 10.1 Å². The van der Waals surface area contributed by atoms with Crippen LogP contribution >= 0.6 is 0 Å². The van der Waals surface area contributed by atoms with E-state index >= 15 is 0 Å². The van der Waals surface area contributed by atoms with Gasteiger partial charge in [0.05, 0.1) is 21.4 Å². The third-order valence-electron chi connectivity index (χ3n) is 3.94. The van der Waals surface area contributed by atoms with Crippen LogP contribution in [0.25, 0.3) is 22.3 Å². The number of benzene rings is 2. The third kappa shape index (κ3) is 3.25. The number of fused-ring (bicyclic) bond motifs is 1. The molecular formula is C18H13N5O4. The summed E-state index contributed by atoms with van der Waals surface area (Å²) in [5, 5.41) is 15.1. The fourth-order valence-electron chi connectivity index (χ4n) is 2.66. The summed E-state index contributed by atoms with van der Waals surface area (Å²) in [6, 6.07) is 14.1. The zero-order valence-corrected chi connectivity index (χ0v) is 13.9. The number of hydrogen-bond acceptors (Lipinski definition) is 6. The number of nitrogens with one attached hydrogen (secondary N) is 1. The van der Waals surface area contributed by atoms with Crippen molar-refractivity contribution in [3.05, 3.63) is 81.4 Å². The zero-order chi connectivity index (χ0) is 18.8. The molecule has 4 rings (SSSR count). The van der Waals surface area contributed by atoms with Crippen molar-refractivity contribution < 1.29 is 9.66 Å². The van der Waals surface area contributed by atoms with Crippen LogP contribution in [0.3, 0.4) is 0 Å². The molecule has 2 aromatic heterocycles. The lowest BCUT2D eigenvalue weighted by molar-refractivity contribution is -0.385. The molecule has 0 aliphatic carbocycles. The molecule has 0 aliphatic heterocycles. The molecule has 4 aromatic rings. The van der Waals surface area contributed by atoms with E-state index in [1.54, 1.807) is 42.5 Å². The second-order valence-corrected chi connectivity index (χ2v) is 5.70. The largest absolute Gasteiger partial charge is 0.470 e. The van der Waals surface area contributed by atoms with Crippen molar-refractivity contribution >= 4 is 16.6 Å². The molecule has 134 valence electrons. The molecule has 9 nitrogen and oxygen atoms in total. The van der Waals surface area contributed by atoms with Gasteiger partial charge < -0.3 is 9.72 Å². The van der Waals surface area contributed by atoms with Crippen LogP contribution in [-0.4, -0.2) is 24.7 Å². The van der Waals surface area contributed by atoms with Gasteiger partial charge in [0.15, 0.2) is 6.73 Å². The minimum Gasteiger partial charge on any atom is -0.470 e. The van der Waals surface area contributed by atoms with Crippen molar-refractivity contribution in [2.24, 2.45) is 0 Å². The van der Waals surface area contributed by atoms with Crippen molar-refractivity contribution in [1.29, 1.82) is 0 Å². The minimum absolute atomic E-state index is 0.0251. The first-order valence-electron chi connectivity index (χ1n) is 8.00. The topological polar surface area (TPSA) is 116 Å². The average Bonchev–Trinajstić information content (AvgIpc) is 3.16. The number of nitrogens with zero attached hydrogens (tertiary/aromatic N) is 4. The summed E-state index contributed by atoms with van der Waals surface area (Å²) < 4.78 is 7.05. The van der Waals surface area contributed by atoms with Crippen LogP contribution in [0.4, 0.5) is 5.69 Å². The van der Waals surface area contributed by atoms with Gasteiger partial charge in [-0.3, -0.25) is 14.9 Å². The molecule has 0 unspecified atom stereocenters. The van der Waals surface area contributed by atoms with Gasteiger partial charge in [0.2, 0.25) is 0 Å². The van der Waals surface area contributed by atoms with E-state index in [0.29, 0.717) is 28.0 Å². The van der Waals surface area contributed by atoms with Gasteiger partial charge in [0, 0.05) is 0 Å². The van der Waals surface area contributed by atoms with E-state index in [9.17, 15) is 14.9 Å². The molecule has 9 heteroatoms. The molecule has 2 aromatic carbocycles. The van der Waals surface area contributed by atoms with Crippen molar-refractivity contribution in [3.63, 3.8) is 0 Å². The lowest BCUT2D eigenvalue weighted by atomic mass is 10.1. The quantitative estimate of drug-likeness (QED) is 0.430. The van der Waals surface area contributed by atoms with Crippen LogP contribution < -0.4 is 10.3 Å². The van der Waals surface area contributed by atoms with Crippen LogP contribution in [0.2, 0.25) is 0 Å². The molecule has 0 aliphatic rings. The van der Waals surface area contributed by atoms with Gasteiger partial charge in [-0.05, 0) is 24.3 Å². The summed E-state index contributed by atoms with van der Waals surface area (Å²) in [7, 11) is 0. The van der Waals surface area contributed by atoms with Gasteiger partial charge in [-0.15, -0.1) is 0 Å². The lowest BCUT2D eigenvalue weighted by Crippen LogP contribution is -2.10. The Labute approximate surface area is 152 Å². The van der Waals surface area contributed by atoms with Crippen LogP contribution in [0.1, 0.15) is 0 Å². The highest BCUT2D eigenvalue weighted by atomic mass is 16.6. The number of aromatic nitrogens is 4. The first-order valence-corrected chi connectivity index (χ1v) is 8.00. The van der Waals surface area contributed by atoms with Gasteiger partial charge in [-0.1, -0.05) is 24.3 Å². The van der Waals surface area contributed by atoms with Gasteiger partial charge in [0.25, 0.3) is 5.56 Å². The van der Waals surface area contributed by atoms with Gasteiger partial charge in [0.1, 0.15) is 24.0 Å². The second-order valence-electron chi connectivity index (χ2n) is 5.70. The Hall–Kier alpha value is -4.01. The molecule has 0 bridgehead atoms. The Bertz CT molecular complexity index is 1200. The average molecular weight is 363 g/mol. The molecule has 0 fully saturated rings. The van der Waals surface area contributed by atoms with Gasteiger partial charge in [-0.2, -0.15) is 5.10 Å². The predicted octanol–water partition coefficient (Wildman–Crippen LogP) is 2.73. The number of nitro groups is 1. The normalized spacial score (nSPS) is 10.8. The van der Waals surface area contributed by atoms with E-state index in [1.807, 2.05) is 6.07 Å². The maximum absolute atomic E-state index is 12.3. The number of para-hydroxylation sites is 2. The van der Waals surface area contributed by atoms with E-state index in [-0.39, 0.29) is 18.0 Å². The highest BCUT2D eigenvalue weighted by molar-refractivity contribution is 5.80. The number of hydrogen-bond donors (Lipinski definition) is 1. The van der Waals surface area contributed by atoms with Crippen molar-refractivity contribution in [3.8, 4) is 17.1 Å². The number of rotatable bonds is 5. The molecule has 2 heterocycles. The van der Waals surface area contributed by atoms with Gasteiger partial charge in [-0.25, -0.2) is 9.67 Å². The predicted molar refractivity (Wildman–Crippen MR) is 97.3 cm³/mol. The Morgan fingerprint density at radius 3 is 2.74 bits per heavy atom. The molecule has 1 N–H and O–H groups in total. The van der Waals surface area contributed by atoms with Crippen LogP contribution in [-0.2, 0) is 6.73 Å². The SMILES string of the molecule is O=c1[nH]c(-c2ccccc2OCn2cc([N+](=O)[O-])cn2)nc2ccccc12. The van der Waals surface area contributed by atoms with E-state index in [0.717, 1.165) is 6.20 Å². The summed E-state index contributed by atoms with van der Waals surface area (Å²) in [6.45, 7) is -0.0251. The van der Waals surface area contributed by atoms with Crippen LogP contribution in [0.5, 0.6) is 5.75 Å². The summed E-state index contributed by atoms with van der Waals surface area (Å²) >= 11 is 0. The zero-order valence-electron chi connectivity index (χ0n) is 13.9. The molecule has 0 radical (unpaired) electrons. The standard InChI is InChI=1S/C18H13N5O4/c24-18-13-5-1-3-7-15(13)20-17(21-18)14-6-2-4-8-16(14)27-11-22-10-12(9-19-22)23(25)26/h1-10H,11H2,(H,20,21,24). The van der Waals surface area contributed by atoms with Crippen molar-refractivity contribution in [2.45, 2.75) is 6.73 Å². The second kappa shape index (κ2) is 6.71. The fourth-order valence-corrected chi connectivity index (χ4v) is 2.66. The molecule has 0 atom stereocenters. The lowest BCUT2D eigenvalue weighted by Gasteiger charge is -2.11. The van der Waals surface area contributed by atoms with E-state index in [1.165, 1.54) is 10.9 Å². The Kier molecular flexibility index (Phi) is 4.09. The highest BCUT2D eigenvalue weighted by Gasteiger charge is 2.12. The summed E-state index contributed by atoms with van der Waals surface area (Å²) in [6.07, 6.45) is 2.43. The Morgan fingerprint density at radius 2 is 1.93 bits per heavy atom. The fraction of sp³-hybridized carbons (Fsp3) is 0.0556. The highest BCUT2D eigenvalue weighted by Crippen LogP contribution is 2.27. The van der Waals surface area contributed by atoms with E-state index in [4.69, 9.17) is 4.74 Å². The maximum Gasteiger partial charge on any atom is 0.307 e. The van der Waals surface area contributed by atoms with Gasteiger partial charge >= 0.3 is 5.69 Å². The molecule has 27 heavy (non-hydrogen) atoms. The Morgan fingerprint density at radius 1 is 1.15 bits per heavy atom. The minimum atomic E-state index is -0.527. The molecular weight excluding hydrogens is 350 g/mol. The van der Waals surface area contributed by atoms with E-state index in [2.05, 4.69) is 15.1 Å². The number of aromatic amines is 1. The maximum atomic E-state index is 12.3. The summed E-state index contributed by atoms with van der Waals surface area (Å²) in [4.78, 5) is 29.8. The first-order chi connectivity index (χ1) is 13.1. The number of ether oxygens (including phenoxy) is 1.